The van der Waals surface area contributed by atoms with Gasteiger partial charge in [0.2, 0.25) is 0 Å². The highest BCUT2D eigenvalue weighted by molar-refractivity contribution is 5.88. The smallest absolute Gasteiger partial charge is 0.331 e. The molecule has 4 nitrogen and oxygen atoms in total. The van der Waals surface area contributed by atoms with E-state index in [9.17, 15) is 14.9 Å². The van der Waals surface area contributed by atoms with Gasteiger partial charge in [-0.2, -0.15) is 5.26 Å². The second-order valence-electron chi connectivity index (χ2n) is 6.28. The van der Waals surface area contributed by atoms with Crippen molar-refractivity contribution in [1.29, 1.82) is 5.26 Å². The molecule has 1 atom stereocenters. The molecule has 1 rings (SSSR count). The maximum Gasteiger partial charge on any atom is 0.331 e. The summed E-state index contributed by atoms with van der Waals surface area (Å²) in [6.45, 7) is 7.05. The zero-order valence-electron chi connectivity index (χ0n) is 13.7. The summed E-state index contributed by atoms with van der Waals surface area (Å²) in [5.74, 6) is -0.572. The fraction of sp³-hybridized carbons (Fsp3) is 0.500. The molecule has 0 fully saturated rings. The lowest BCUT2D eigenvalue weighted by molar-refractivity contribution is -0.160. The zero-order valence-corrected chi connectivity index (χ0v) is 13.7. The van der Waals surface area contributed by atoms with E-state index in [0.29, 0.717) is 12.0 Å². The van der Waals surface area contributed by atoms with Crippen LogP contribution in [0.2, 0.25) is 0 Å². The standard InChI is InChI=1S/C18H23NO3/c1-5-15(20)11-12-18(13-19,14-9-7-6-8-10-14)16(21)22-17(2,3)4/h6-10H,5,11-12H2,1-4H3/t18-/m1/s1. The summed E-state index contributed by atoms with van der Waals surface area (Å²) in [6, 6.07) is 10.9. The molecule has 0 heterocycles. The molecule has 0 radical (unpaired) electrons. The van der Waals surface area contributed by atoms with E-state index in [1.807, 2.05) is 6.07 Å². The van der Waals surface area contributed by atoms with Gasteiger partial charge in [0, 0.05) is 12.8 Å². The van der Waals surface area contributed by atoms with Crippen molar-refractivity contribution < 1.29 is 14.3 Å². The van der Waals surface area contributed by atoms with Crippen molar-refractivity contribution >= 4 is 11.8 Å². The number of Topliss-reactive ketones (excluding diaryl/α,β-unsaturated/α-hetero) is 1. The number of ketones is 1. The normalized spacial score (nSPS) is 13.8. The highest BCUT2D eigenvalue weighted by atomic mass is 16.6. The van der Waals surface area contributed by atoms with E-state index < -0.39 is 17.0 Å². The van der Waals surface area contributed by atoms with Gasteiger partial charge in [-0.05, 0) is 32.8 Å². The fourth-order valence-electron chi connectivity index (χ4n) is 2.12. The molecule has 0 saturated heterocycles. The maximum atomic E-state index is 12.7. The van der Waals surface area contributed by atoms with Gasteiger partial charge in [0.15, 0.2) is 5.41 Å². The molecule has 0 aromatic heterocycles. The first-order chi connectivity index (χ1) is 10.2. The van der Waals surface area contributed by atoms with Gasteiger partial charge in [-0.3, -0.25) is 4.79 Å². The lowest BCUT2D eigenvalue weighted by Gasteiger charge is -2.29. The molecule has 0 aliphatic rings. The summed E-state index contributed by atoms with van der Waals surface area (Å²) < 4.78 is 5.44. The number of nitriles is 1. The van der Waals surface area contributed by atoms with Crippen LogP contribution in [0.15, 0.2) is 30.3 Å². The molecular weight excluding hydrogens is 278 g/mol. The average Bonchev–Trinajstić information content (AvgIpc) is 2.47. The Hall–Kier alpha value is -2.15. The van der Waals surface area contributed by atoms with Crippen molar-refractivity contribution in [2.75, 3.05) is 0 Å². The van der Waals surface area contributed by atoms with Crippen molar-refractivity contribution in [3.8, 4) is 6.07 Å². The molecule has 22 heavy (non-hydrogen) atoms. The molecule has 1 aromatic rings. The molecule has 1 aromatic carbocycles. The third-order valence-electron chi connectivity index (χ3n) is 3.38. The minimum absolute atomic E-state index is 0.0270. The van der Waals surface area contributed by atoms with Crippen molar-refractivity contribution in [2.24, 2.45) is 0 Å². The second kappa shape index (κ2) is 7.22. The molecule has 0 saturated carbocycles. The highest BCUT2D eigenvalue weighted by Gasteiger charge is 2.43. The molecule has 0 bridgehead atoms. The minimum Gasteiger partial charge on any atom is -0.459 e. The molecule has 0 spiro atoms. The molecule has 0 unspecified atom stereocenters. The van der Waals surface area contributed by atoms with Crippen LogP contribution < -0.4 is 0 Å². The van der Waals surface area contributed by atoms with Gasteiger partial charge in [-0.15, -0.1) is 0 Å². The van der Waals surface area contributed by atoms with Gasteiger partial charge in [0.1, 0.15) is 11.4 Å². The number of rotatable bonds is 6. The van der Waals surface area contributed by atoms with E-state index in [0.717, 1.165) is 0 Å². The van der Waals surface area contributed by atoms with Crippen LogP contribution in [-0.2, 0) is 19.7 Å². The molecule has 0 amide bonds. The Kier molecular flexibility index (Phi) is 5.87. The first kappa shape index (κ1) is 17.9. The molecule has 4 heteroatoms. The Bertz CT molecular complexity index is 566. The first-order valence-corrected chi connectivity index (χ1v) is 7.47. The van der Waals surface area contributed by atoms with Crippen LogP contribution in [0.4, 0.5) is 0 Å². The number of nitrogens with zero attached hydrogens (tertiary/aromatic N) is 1. The summed E-state index contributed by atoms with van der Waals surface area (Å²) in [4.78, 5) is 24.3. The predicted molar refractivity (Wildman–Crippen MR) is 84.1 cm³/mol. The van der Waals surface area contributed by atoms with Crippen molar-refractivity contribution in [3.05, 3.63) is 35.9 Å². The SMILES string of the molecule is CCC(=O)CC[C@](C#N)(C(=O)OC(C)(C)C)c1ccccc1. The van der Waals surface area contributed by atoms with Crippen LogP contribution in [0.5, 0.6) is 0 Å². The number of benzene rings is 1. The quantitative estimate of drug-likeness (QED) is 0.754. The summed E-state index contributed by atoms with van der Waals surface area (Å²) in [5.41, 5.74) is -1.57. The number of carbonyl (C=O) groups is 2. The lowest BCUT2D eigenvalue weighted by atomic mass is 9.77. The van der Waals surface area contributed by atoms with Gasteiger partial charge in [-0.1, -0.05) is 37.3 Å². The van der Waals surface area contributed by atoms with Gasteiger partial charge in [0.05, 0.1) is 6.07 Å². The van der Waals surface area contributed by atoms with Gasteiger partial charge in [-0.25, -0.2) is 4.79 Å². The van der Waals surface area contributed by atoms with Crippen LogP contribution in [0.1, 0.15) is 52.5 Å². The van der Waals surface area contributed by atoms with Crippen LogP contribution in [-0.4, -0.2) is 17.4 Å². The van der Waals surface area contributed by atoms with E-state index >= 15 is 0 Å². The van der Waals surface area contributed by atoms with Crippen LogP contribution in [0.25, 0.3) is 0 Å². The molecule has 118 valence electrons. The van der Waals surface area contributed by atoms with E-state index in [-0.39, 0.29) is 18.6 Å². The lowest BCUT2D eigenvalue weighted by Crippen LogP contribution is -2.40. The third kappa shape index (κ3) is 4.42. The van der Waals surface area contributed by atoms with Crippen molar-refractivity contribution in [1.82, 2.24) is 0 Å². The van der Waals surface area contributed by atoms with Crippen molar-refractivity contribution in [2.45, 2.75) is 58.0 Å². The van der Waals surface area contributed by atoms with E-state index in [1.165, 1.54) is 0 Å². The summed E-state index contributed by atoms with van der Waals surface area (Å²) in [5, 5.41) is 9.72. The Labute approximate surface area is 132 Å². The number of carbonyl (C=O) groups excluding carboxylic acids is 2. The monoisotopic (exact) mass is 301 g/mol. The first-order valence-electron chi connectivity index (χ1n) is 7.47. The van der Waals surface area contributed by atoms with Crippen LogP contribution in [0.3, 0.4) is 0 Å². The van der Waals surface area contributed by atoms with Gasteiger partial charge < -0.3 is 4.74 Å². The van der Waals surface area contributed by atoms with E-state index in [4.69, 9.17) is 4.74 Å². The molecular formula is C18H23NO3. The van der Waals surface area contributed by atoms with Crippen LogP contribution >= 0.6 is 0 Å². The Morgan fingerprint density at radius 3 is 2.23 bits per heavy atom. The largest absolute Gasteiger partial charge is 0.459 e. The number of esters is 1. The fourth-order valence-corrected chi connectivity index (χ4v) is 2.12. The van der Waals surface area contributed by atoms with E-state index in [1.54, 1.807) is 52.0 Å². The second-order valence-corrected chi connectivity index (χ2v) is 6.28. The van der Waals surface area contributed by atoms with Crippen LogP contribution in [0, 0.1) is 11.3 Å². The average molecular weight is 301 g/mol. The van der Waals surface area contributed by atoms with Gasteiger partial charge >= 0.3 is 5.97 Å². The van der Waals surface area contributed by atoms with E-state index in [2.05, 4.69) is 6.07 Å². The predicted octanol–water partition coefficient (Wildman–Crippen LogP) is 3.55. The Morgan fingerprint density at radius 1 is 1.18 bits per heavy atom. The molecule has 0 aliphatic heterocycles. The summed E-state index contributed by atoms with van der Waals surface area (Å²) >= 11 is 0. The minimum atomic E-state index is -1.45. The number of hydrogen-bond donors (Lipinski definition) is 0. The third-order valence-corrected chi connectivity index (χ3v) is 3.38. The van der Waals surface area contributed by atoms with Crippen molar-refractivity contribution in [3.63, 3.8) is 0 Å². The van der Waals surface area contributed by atoms with Gasteiger partial charge in [0.25, 0.3) is 0 Å². The highest BCUT2D eigenvalue weighted by Crippen LogP contribution is 2.32. The zero-order chi connectivity index (χ0) is 16.8. The number of ether oxygens (including phenoxy) is 1. The topological polar surface area (TPSA) is 67.2 Å². The molecule has 0 N–H and O–H groups in total. The number of hydrogen-bond acceptors (Lipinski definition) is 4. The maximum absolute atomic E-state index is 12.7. The summed E-state index contributed by atoms with van der Waals surface area (Å²) in [7, 11) is 0. The molecule has 0 aliphatic carbocycles. The Balaban J connectivity index is 3.21. The Morgan fingerprint density at radius 2 is 1.77 bits per heavy atom. The summed E-state index contributed by atoms with van der Waals surface area (Å²) in [6.07, 6.45) is 0.706.